The predicted octanol–water partition coefficient (Wildman–Crippen LogP) is 1.14. The summed E-state index contributed by atoms with van der Waals surface area (Å²) in [5.74, 6) is -1.22. The van der Waals surface area contributed by atoms with E-state index in [-0.39, 0.29) is 23.1 Å². The van der Waals surface area contributed by atoms with Gasteiger partial charge in [-0.05, 0) is 32.0 Å². The fourth-order valence-corrected chi connectivity index (χ4v) is 3.42. The zero-order chi connectivity index (χ0) is 18.3. The standard InChI is InChI=1S/C15H24N2O6S/c1-10(8-22-3)16-14-6-5-12(7-13(14)15(18)19)24(20,21)17-11(2)9-23-4/h5-7,10-11,16-17H,8-9H2,1-4H3,(H,18,19)/t10-,11-/m1/s1. The fraction of sp³-hybridized carbons (Fsp3) is 0.533. The quantitative estimate of drug-likeness (QED) is 0.573. The van der Waals surface area contributed by atoms with Crippen molar-refractivity contribution in [2.24, 2.45) is 0 Å². The third-order valence-electron chi connectivity index (χ3n) is 3.12. The van der Waals surface area contributed by atoms with E-state index in [1.54, 1.807) is 14.0 Å². The minimum atomic E-state index is -3.84. The van der Waals surface area contributed by atoms with Crippen LogP contribution in [-0.4, -0.2) is 59.0 Å². The van der Waals surface area contributed by atoms with Crippen LogP contribution in [0.4, 0.5) is 5.69 Å². The maximum absolute atomic E-state index is 12.3. The molecule has 1 rings (SSSR count). The molecule has 0 aromatic heterocycles. The van der Waals surface area contributed by atoms with Crippen LogP contribution in [-0.2, 0) is 19.5 Å². The highest BCUT2D eigenvalue weighted by Crippen LogP contribution is 2.22. The highest BCUT2D eigenvalue weighted by molar-refractivity contribution is 7.89. The molecule has 8 nitrogen and oxygen atoms in total. The summed E-state index contributed by atoms with van der Waals surface area (Å²) in [6.45, 7) is 4.07. The van der Waals surface area contributed by atoms with E-state index in [0.29, 0.717) is 12.3 Å². The first-order valence-electron chi connectivity index (χ1n) is 7.35. The van der Waals surface area contributed by atoms with Crippen LogP contribution in [0.5, 0.6) is 0 Å². The number of nitrogens with one attached hydrogen (secondary N) is 2. The molecule has 1 aromatic carbocycles. The number of benzene rings is 1. The van der Waals surface area contributed by atoms with Gasteiger partial charge in [-0.1, -0.05) is 0 Å². The van der Waals surface area contributed by atoms with Crippen molar-refractivity contribution in [2.45, 2.75) is 30.8 Å². The molecule has 136 valence electrons. The number of sulfonamides is 1. The van der Waals surface area contributed by atoms with Crippen LogP contribution >= 0.6 is 0 Å². The number of ether oxygens (including phenoxy) is 2. The molecule has 9 heteroatoms. The minimum absolute atomic E-state index is 0.118. The van der Waals surface area contributed by atoms with E-state index in [1.807, 2.05) is 6.92 Å². The molecule has 3 N–H and O–H groups in total. The normalized spacial score (nSPS) is 14.2. The van der Waals surface area contributed by atoms with Crippen molar-refractivity contribution < 1.29 is 27.8 Å². The summed E-state index contributed by atoms with van der Waals surface area (Å²) in [5.41, 5.74) is 0.205. The molecule has 0 amide bonds. The summed E-state index contributed by atoms with van der Waals surface area (Å²) in [6.07, 6.45) is 0. The molecule has 0 saturated heterocycles. The van der Waals surface area contributed by atoms with Crippen molar-refractivity contribution in [2.75, 3.05) is 32.8 Å². The zero-order valence-electron chi connectivity index (χ0n) is 14.2. The number of carbonyl (C=O) groups is 1. The highest BCUT2D eigenvalue weighted by Gasteiger charge is 2.21. The number of carboxylic acid groups (broad SMARTS) is 1. The Kier molecular flexibility index (Phi) is 7.61. The molecule has 0 aliphatic heterocycles. The van der Waals surface area contributed by atoms with Crippen LogP contribution in [0.25, 0.3) is 0 Å². The lowest BCUT2D eigenvalue weighted by molar-refractivity contribution is 0.0697. The molecule has 0 aliphatic rings. The molecule has 0 spiro atoms. The van der Waals surface area contributed by atoms with Crippen molar-refractivity contribution in [1.29, 1.82) is 0 Å². The topological polar surface area (TPSA) is 114 Å². The van der Waals surface area contributed by atoms with E-state index >= 15 is 0 Å². The van der Waals surface area contributed by atoms with Crippen molar-refractivity contribution >= 4 is 21.7 Å². The van der Waals surface area contributed by atoms with E-state index < -0.39 is 22.0 Å². The van der Waals surface area contributed by atoms with E-state index in [4.69, 9.17) is 9.47 Å². The maximum atomic E-state index is 12.3. The lowest BCUT2D eigenvalue weighted by atomic mass is 10.1. The van der Waals surface area contributed by atoms with E-state index in [2.05, 4.69) is 10.0 Å². The number of methoxy groups -OCH3 is 2. The van der Waals surface area contributed by atoms with Gasteiger partial charge in [0.05, 0.1) is 23.7 Å². The van der Waals surface area contributed by atoms with Gasteiger partial charge in [-0.25, -0.2) is 17.9 Å². The number of carboxylic acids is 1. The first-order chi connectivity index (χ1) is 11.2. The van der Waals surface area contributed by atoms with Crippen LogP contribution in [0.2, 0.25) is 0 Å². The van der Waals surface area contributed by atoms with Gasteiger partial charge >= 0.3 is 5.97 Å². The Balaban J connectivity index is 3.11. The summed E-state index contributed by atoms with van der Waals surface area (Å²) in [6, 6.07) is 3.36. The Bertz CT molecular complexity index is 662. The third-order valence-corrected chi connectivity index (χ3v) is 4.71. The number of rotatable bonds is 10. The molecule has 2 atom stereocenters. The molecular formula is C15H24N2O6S. The predicted molar refractivity (Wildman–Crippen MR) is 90.0 cm³/mol. The van der Waals surface area contributed by atoms with Gasteiger partial charge in [-0.3, -0.25) is 0 Å². The van der Waals surface area contributed by atoms with E-state index in [0.717, 1.165) is 6.07 Å². The molecule has 0 fully saturated rings. The zero-order valence-corrected chi connectivity index (χ0v) is 15.0. The Morgan fingerprint density at radius 3 is 2.29 bits per heavy atom. The van der Waals surface area contributed by atoms with Crippen molar-refractivity contribution in [3.05, 3.63) is 23.8 Å². The average molecular weight is 360 g/mol. The maximum Gasteiger partial charge on any atom is 0.337 e. The second-order valence-corrected chi connectivity index (χ2v) is 7.20. The molecule has 1 aromatic rings. The van der Waals surface area contributed by atoms with Crippen LogP contribution in [0.1, 0.15) is 24.2 Å². The van der Waals surface area contributed by atoms with Crippen LogP contribution in [0, 0.1) is 0 Å². The molecule has 0 radical (unpaired) electrons. The first-order valence-corrected chi connectivity index (χ1v) is 8.83. The Morgan fingerprint density at radius 2 is 1.75 bits per heavy atom. The molecule has 0 unspecified atom stereocenters. The monoisotopic (exact) mass is 360 g/mol. The summed E-state index contributed by atoms with van der Waals surface area (Å²) in [5, 5.41) is 12.3. The lowest BCUT2D eigenvalue weighted by Gasteiger charge is -2.18. The summed E-state index contributed by atoms with van der Waals surface area (Å²) in [4.78, 5) is 11.3. The number of aromatic carboxylic acids is 1. The van der Waals surface area contributed by atoms with Crippen molar-refractivity contribution in [3.63, 3.8) is 0 Å². The van der Waals surface area contributed by atoms with E-state index in [9.17, 15) is 18.3 Å². The summed E-state index contributed by atoms with van der Waals surface area (Å²) >= 11 is 0. The molecule has 0 heterocycles. The lowest BCUT2D eigenvalue weighted by Crippen LogP contribution is -2.35. The molecule has 0 aliphatic carbocycles. The van der Waals surface area contributed by atoms with Gasteiger partial charge in [0.15, 0.2) is 0 Å². The second-order valence-electron chi connectivity index (χ2n) is 5.49. The largest absolute Gasteiger partial charge is 0.478 e. The second kappa shape index (κ2) is 8.97. The fourth-order valence-electron chi connectivity index (χ4n) is 2.17. The number of hydrogen-bond acceptors (Lipinski definition) is 6. The van der Waals surface area contributed by atoms with Gasteiger partial charge in [0.1, 0.15) is 0 Å². The van der Waals surface area contributed by atoms with Gasteiger partial charge in [0, 0.05) is 32.0 Å². The molecule has 0 saturated carbocycles. The van der Waals surface area contributed by atoms with Gasteiger partial charge in [0.25, 0.3) is 0 Å². The molecular weight excluding hydrogens is 336 g/mol. The van der Waals surface area contributed by atoms with Crippen LogP contribution in [0.3, 0.4) is 0 Å². The molecule has 24 heavy (non-hydrogen) atoms. The summed E-state index contributed by atoms with van der Waals surface area (Å²) < 4.78 is 37.0. The average Bonchev–Trinajstić information content (AvgIpc) is 2.47. The number of anilines is 1. The van der Waals surface area contributed by atoms with Crippen molar-refractivity contribution in [3.8, 4) is 0 Å². The Hall–Kier alpha value is -1.68. The number of hydrogen-bond donors (Lipinski definition) is 3. The van der Waals surface area contributed by atoms with Crippen LogP contribution < -0.4 is 10.0 Å². The Morgan fingerprint density at radius 1 is 1.17 bits per heavy atom. The highest BCUT2D eigenvalue weighted by atomic mass is 32.2. The van der Waals surface area contributed by atoms with E-state index in [1.165, 1.54) is 19.2 Å². The van der Waals surface area contributed by atoms with Crippen molar-refractivity contribution in [1.82, 2.24) is 4.72 Å². The van der Waals surface area contributed by atoms with Crippen LogP contribution in [0.15, 0.2) is 23.1 Å². The van der Waals surface area contributed by atoms with Gasteiger partial charge in [-0.2, -0.15) is 0 Å². The Labute approximate surface area is 142 Å². The third kappa shape index (κ3) is 5.75. The minimum Gasteiger partial charge on any atom is -0.478 e. The van der Waals surface area contributed by atoms with Gasteiger partial charge in [-0.15, -0.1) is 0 Å². The first kappa shape index (κ1) is 20.4. The SMILES string of the molecule is COC[C@@H](C)Nc1ccc(S(=O)(=O)N[C@H](C)COC)cc1C(=O)O. The molecule has 0 bridgehead atoms. The smallest absolute Gasteiger partial charge is 0.337 e. The van der Waals surface area contributed by atoms with Gasteiger partial charge < -0.3 is 19.9 Å². The summed E-state index contributed by atoms with van der Waals surface area (Å²) in [7, 11) is -0.831. The van der Waals surface area contributed by atoms with Gasteiger partial charge in [0.2, 0.25) is 10.0 Å².